The Morgan fingerprint density at radius 1 is 1.08 bits per heavy atom. The molecule has 0 saturated heterocycles. The number of hydrogen-bond acceptors (Lipinski definition) is 3. The van der Waals surface area contributed by atoms with Gasteiger partial charge in [0.25, 0.3) is 0 Å². The van der Waals surface area contributed by atoms with Crippen molar-refractivity contribution in [3.8, 4) is 0 Å². The highest BCUT2D eigenvalue weighted by molar-refractivity contribution is 5.27. The van der Waals surface area contributed by atoms with Crippen LogP contribution in [0, 0.1) is 28.6 Å². The summed E-state index contributed by atoms with van der Waals surface area (Å²) >= 11 is 0. The fourth-order valence-corrected chi connectivity index (χ4v) is 6.79. The quantitative estimate of drug-likeness (QED) is 0.626. The maximum absolute atomic E-state index is 10.5. The van der Waals surface area contributed by atoms with Gasteiger partial charge in [0.05, 0.1) is 12.2 Å². The van der Waals surface area contributed by atoms with E-state index < -0.39 is 0 Å². The molecule has 4 aliphatic rings. The predicted molar refractivity (Wildman–Crippen MR) is 103 cm³/mol. The van der Waals surface area contributed by atoms with Crippen LogP contribution in [-0.2, 0) is 0 Å². The Morgan fingerprint density at radius 3 is 2.48 bits per heavy atom. The van der Waals surface area contributed by atoms with Gasteiger partial charge in [0, 0.05) is 12.0 Å². The number of hydrogen-bond donors (Lipinski definition) is 3. The molecule has 7 atom stereocenters. The number of aliphatic hydroxyl groups is 2. The fourth-order valence-electron chi connectivity index (χ4n) is 6.79. The second kappa shape index (κ2) is 7.32. The lowest BCUT2D eigenvalue weighted by atomic mass is 9.47. The normalized spacial score (nSPS) is 48.4. The summed E-state index contributed by atoms with van der Waals surface area (Å²) in [6, 6.07) is 0. The minimum absolute atomic E-state index is 0.106. The van der Waals surface area contributed by atoms with Crippen molar-refractivity contribution >= 4 is 0 Å². The molecule has 3 fully saturated rings. The van der Waals surface area contributed by atoms with Crippen molar-refractivity contribution in [2.24, 2.45) is 34.3 Å². The molecule has 0 spiro atoms. The fraction of sp³-hybridized carbons (Fsp3) is 0.909. The number of nitrogens with two attached hydrogens (primary N) is 1. The van der Waals surface area contributed by atoms with Crippen molar-refractivity contribution in [2.45, 2.75) is 90.8 Å². The number of allylic oxidation sites excluding steroid dienone is 1. The van der Waals surface area contributed by atoms with E-state index in [1.165, 1.54) is 24.8 Å². The van der Waals surface area contributed by atoms with E-state index >= 15 is 0 Å². The van der Waals surface area contributed by atoms with Gasteiger partial charge >= 0.3 is 0 Å². The van der Waals surface area contributed by atoms with Crippen LogP contribution in [0.1, 0.15) is 78.6 Å². The average Bonchev–Trinajstić information content (AvgIpc) is 2.90. The van der Waals surface area contributed by atoms with E-state index in [-0.39, 0.29) is 23.0 Å². The summed E-state index contributed by atoms with van der Waals surface area (Å²) in [6.07, 6.45) is 11.9. The third-order valence-electron chi connectivity index (χ3n) is 8.12. The van der Waals surface area contributed by atoms with E-state index in [0.717, 1.165) is 45.1 Å². The van der Waals surface area contributed by atoms with Gasteiger partial charge in [-0.15, -0.1) is 0 Å². The number of aliphatic hydroxyl groups excluding tert-OH is 2. The number of fused-ring (bicyclic) bond motifs is 5. The summed E-state index contributed by atoms with van der Waals surface area (Å²) in [5, 5.41) is 20.6. The highest BCUT2D eigenvalue weighted by Gasteiger charge is 2.59. The molecule has 0 heterocycles. The SMILES string of the molecule is CC12CCC3C(CC=C4CC(O)CCC43CN)C1CCC2O.CCC. The van der Waals surface area contributed by atoms with Crippen LogP contribution in [-0.4, -0.2) is 29.0 Å². The first-order valence-corrected chi connectivity index (χ1v) is 10.7. The van der Waals surface area contributed by atoms with Crippen molar-refractivity contribution in [1.29, 1.82) is 0 Å². The second-order valence-corrected chi connectivity index (χ2v) is 9.44. The number of rotatable bonds is 1. The molecular formula is C22H39NO2. The van der Waals surface area contributed by atoms with Crippen molar-refractivity contribution < 1.29 is 10.2 Å². The van der Waals surface area contributed by atoms with Crippen LogP contribution in [0.3, 0.4) is 0 Å². The summed E-state index contributed by atoms with van der Waals surface area (Å²) in [4.78, 5) is 0. The van der Waals surface area contributed by atoms with Gasteiger partial charge in [0.1, 0.15) is 0 Å². The molecule has 3 nitrogen and oxygen atoms in total. The molecule has 144 valence electrons. The molecule has 3 heteroatoms. The molecule has 25 heavy (non-hydrogen) atoms. The molecule has 0 amide bonds. The minimum Gasteiger partial charge on any atom is -0.393 e. The highest BCUT2D eigenvalue weighted by Crippen LogP contribution is 2.64. The van der Waals surface area contributed by atoms with E-state index in [2.05, 4.69) is 26.8 Å². The molecule has 4 N–H and O–H groups in total. The summed E-state index contributed by atoms with van der Waals surface area (Å²) < 4.78 is 0. The molecular weight excluding hydrogens is 310 g/mol. The van der Waals surface area contributed by atoms with Crippen LogP contribution < -0.4 is 5.73 Å². The lowest BCUT2D eigenvalue weighted by Gasteiger charge is -2.58. The summed E-state index contributed by atoms with van der Waals surface area (Å²) in [5.74, 6) is 2.03. The van der Waals surface area contributed by atoms with Crippen molar-refractivity contribution in [3.05, 3.63) is 11.6 Å². The van der Waals surface area contributed by atoms with E-state index in [1.54, 1.807) is 0 Å². The maximum Gasteiger partial charge on any atom is 0.0596 e. The Kier molecular flexibility index (Phi) is 5.68. The van der Waals surface area contributed by atoms with E-state index in [4.69, 9.17) is 5.73 Å². The molecule has 3 saturated carbocycles. The van der Waals surface area contributed by atoms with Crippen LogP contribution in [0.5, 0.6) is 0 Å². The third kappa shape index (κ3) is 3.00. The zero-order valence-corrected chi connectivity index (χ0v) is 16.5. The van der Waals surface area contributed by atoms with Gasteiger partial charge in [-0.2, -0.15) is 0 Å². The third-order valence-corrected chi connectivity index (χ3v) is 8.12. The Balaban J connectivity index is 0.000000569. The van der Waals surface area contributed by atoms with Gasteiger partial charge in [-0.3, -0.25) is 0 Å². The first kappa shape index (κ1) is 19.4. The summed E-state index contributed by atoms with van der Waals surface area (Å²) in [7, 11) is 0. The molecule has 4 rings (SSSR count). The predicted octanol–water partition coefficient (Wildman–Crippen LogP) is 4.03. The molecule has 0 bridgehead atoms. The van der Waals surface area contributed by atoms with Crippen molar-refractivity contribution in [1.82, 2.24) is 0 Å². The van der Waals surface area contributed by atoms with Crippen LogP contribution >= 0.6 is 0 Å². The Bertz CT molecular complexity index is 504. The maximum atomic E-state index is 10.5. The lowest BCUT2D eigenvalue weighted by molar-refractivity contribution is -0.0734. The second-order valence-electron chi connectivity index (χ2n) is 9.44. The van der Waals surface area contributed by atoms with Gasteiger partial charge < -0.3 is 15.9 Å². The zero-order valence-electron chi connectivity index (χ0n) is 16.5. The topological polar surface area (TPSA) is 66.5 Å². The van der Waals surface area contributed by atoms with Crippen LogP contribution in [0.15, 0.2) is 11.6 Å². The summed E-state index contributed by atoms with van der Waals surface area (Å²) in [6.45, 7) is 7.31. The van der Waals surface area contributed by atoms with Gasteiger partial charge in [-0.1, -0.05) is 38.8 Å². The van der Waals surface area contributed by atoms with E-state index in [0.29, 0.717) is 17.8 Å². The highest BCUT2D eigenvalue weighted by atomic mass is 16.3. The first-order valence-electron chi connectivity index (χ1n) is 10.7. The monoisotopic (exact) mass is 349 g/mol. The van der Waals surface area contributed by atoms with E-state index in [9.17, 15) is 10.2 Å². The Hall–Kier alpha value is -0.380. The molecule has 0 aliphatic heterocycles. The van der Waals surface area contributed by atoms with Crippen LogP contribution in [0.25, 0.3) is 0 Å². The Labute approximate surface area is 154 Å². The van der Waals surface area contributed by atoms with Gasteiger partial charge in [0.2, 0.25) is 0 Å². The standard InChI is InChI=1S/C19H31NO2.C3H8/c1-18-8-7-16-14(15(18)4-5-17(18)22)3-2-12-10-13(21)6-9-19(12,16)11-20;1-3-2/h2,13-17,21-22H,3-11,20H2,1H3;3H2,1-2H3. The van der Waals surface area contributed by atoms with Crippen LogP contribution in [0.4, 0.5) is 0 Å². The summed E-state index contributed by atoms with van der Waals surface area (Å²) in [5.41, 5.74) is 8.07. The van der Waals surface area contributed by atoms with Gasteiger partial charge in [0.15, 0.2) is 0 Å². The van der Waals surface area contributed by atoms with Crippen LogP contribution in [0.2, 0.25) is 0 Å². The average molecular weight is 350 g/mol. The molecule has 7 unspecified atom stereocenters. The minimum atomic E-state index is -0.162. The lowest BCUT2D eigenvalue weighted by Crippen LogP contribution is -2.54. The van der Waals surface area contributed by atoms with Crippen molar-refractivity contribution in [2.75, 3.05) is 6.54 Å². The molecule has 0 aromatic heterocycles. The molecule has 0 aromatic carbocycles. The largest absolute Gasteiger partial charge is 0.393 e. The van der Waals surface area contributed by atoms with Crippen molar-refractivity contribution in [3.63, 3.8) is 0 Å². The van der Waals surface area contributed by atoms with E-state index in [1.807, 2.05) is 0 Å². The Morgan fingerprint density at radius 2 is 1.80 bits per heavy atom. The smallest absolute Gasteiger partial charge is 0.0596 e. The van der Waals surface area contributed by atoms with Gasteiger partial charge in [-0.05, 0) is 74.5 Å². The zero-order chi connectivity index (χ0) is 18.2. The molecule has 0 radical (unpaired) electrons. The first-order chi connectivity index (χ1) is 11.9. The molecule has 4 aliphatic carbocycles. The van der Waals surface area contributed by atoms with Gasteiger partial charge in [-0.25, -0.2) is 0 Å². The molecule has 0 aromatic rings.